The third kappa shape index (κ3) is 8.84. The second-order valence-corrected chi connectivity index (χ2v) is 14.7. The molecule has 14 nitrogen and oxygen atoms in total. The molecule has 0 bridgehead atoms. The van der Waals surface area contributed by atoms with Crippen molar-refractivity contribution >= 4 is 56.2 Å². The first-order valence-electron chi connectivity index (χ1n) is 18.6. The van der Waals surface area contributed by atoms with Crippen LogP contribution in [0.4, 0.5) is 15.3 Å². The van der Waals surface area contributed by atoms with Crippen LogP contribution in [0.5, 0.6) is 5.75 Å². The quantitative estimate of drug-likeness (QED) is 0.177. The largest absolute Gasteiger partial charge is 0.509 e. The number of para-hydroxylation sites is 1. The molecule has 6 rings (SSSR count). The lowest BCUT2D eigenvalue weighted by Gasteiger charge is -2.43. The number of amides is 5. The first kappa shape index (κ1) is 37.5. The maximum absolute atomic E-state index is 14.1. The van der Waals surface area contributed by atoms with Crippen molar-refractivity contribution in [2.24, 2.45) is 0 Å². The molecule has 0 aromatic heterocycles. The normalized spacial score (nSPS) is 20.1. The fourth-order valence-corrected chi connectivity index (χ4v) is 8.10. The number of hydrogen-bond acceptors (Lipinski definition) is 9. The predicted molar refractivity (Wildman–Crippen MR) is 201 cm³/mol. The number of phenols is 1. The summed E-state index contributed by atoms with van der Waals surface area (Å²) in [5.74, 6) is -0.340. The number of phenolic OH excluding ortho intramolecular Hbond substituents is 1. The number of rotatable bonds is 8. The van der Waals surface area contributed by atoms with Crippen LogP contribution in [-0.4, -0.2) is 170 Å². The van der Waals surface area contributed by atoms with Crippen molar-refractivity contribution in [3.05, 3.63) is 47.5 Å². The third-order valence-electron chi connectivity index (χ3n) is 11.2. The Balaban J connectivity index is 1.05. The van der Waals surface area contributed by atoms with E-state index in [-0.39, 0.29) is 42.6 Å². The number of urea groups is 1. The minimum Gasteiger partial charge on any atom is -0.509 e. The van der Waals surface area contributed by atoms with Crippen molar-refractivity contribution in [3.8, 4) is 5.75 Å². The van der Waals surface area contributed by atoms with Gasteiger partial charge in [0, 0.05) is 90.1 Å². The summed E-state index contributed by atoms with van der Waals surface area (Å²) in [7, 11) is 4.97. The second-order valence-electron chi connectivity index (χ2n) is 14.7. The van der Waals surface area contributed by atoms with E-state index in [0.717, 1.165) is 49.2 Å². The summed E-state index contributed by atoms with van der Waals surface area (Å²) in [6.07, 6.45) is 2.43. The number of nitrogens with one attached hydrogen (secondary N) is 1. The summed E-state index contributed by atoms with van der Waals surface area (Å²) >= 11 is 0. The van der Waals surface area contributed by atoms with Crippen LogP contribution in [0.3, 0.4) is 0 Å². The van der Waals surface area contributed by atoms with Crippen molar-refractivity contribution in [1.29, 1.82) is 0 Å². The van der Waals surface area contributed by atoms with Crippen molar-refractivity contribution in [2.75, 3.05) is 77.8 Å². The molecule has 2 aromatic rings. The van der Waals surface area contributed by atoms with Crippen LogP contribution in [0.15, 0.2) is 36.4 Å². The summed E-state index contributed by atoms with van der Waals surface area (Å²) in [6.45, 7) is 5.62. The Hall–Kier alpha value is -4.27. The minimum absolute atomic E-state index is 0.00740. The molecule has 0 saturated carbocycles. The van der Waals surface area contributed by atoms with Crippen LogP contribution in [-0.2, 0) is 27.2 Å². The average molecular weight is 715 g/mol. The zero-order valence-electron chi connectivity index (χ0n) is 30.6. The molecule has 5 amide bonds. The van der Waals surface area contributed by atoms with E-state index < -0.39 is 12.2 Å². The van der Waals surface area contributed by atoms with Crippen molar-refractivity contribution in [1.82, 2.24) is 29.6 Å². The molecule has 2 aromatic carbocycles. The van der Waals surface area contributed by atoms with Gasteiger partial charge >= 0.3 is 12.1 Å². The Morgan fingerprint density at radius 3 is 2.19 bits per heavy atom. The highest BCUT2D eigenvalue weighted by molar-refractivity contribution is 6.41. The van der Waals surface area contributed by atoms with Gasteiger partial charge in [0.15, 0.2) is 6.10 Å². The second kappa shape index (κ2) is 16.6. The molecule has 1 atom stereocenters. The van der Waals surface area contributed by atoms with Crippen molar-refractivity contribution in [3.63, 3.8) is 0 Å². The number of hydroxylamine groups is 2. The molecule has 4 aliphatic heterocycles. The number of aromatic hydroxyl groups is 1. The zero-order chi connectivity index (χ0) is 36.9. The lowest BCUT2D eigenvalue weighted by atomic mass is 9.83. The first-order chi connectivity index (χ1) is 25.0. The number of benzene rings is 2. The summed E-state index contributed by atoms with van der Waals surface area (Å²) < 4.78 is 6.06. The monoisotopic (exact) mass is 715 g/mol. The Bertz CT molecular complexity index is 1600. The topological polar surface area (TPSA) is 149 Å². The van der Waals surface area contributed by atoms with E-state index in [1.54, 1.807) is 9.80 Å². The number of piperazine rings is 1. The smallest absolute Gasteiger partial charge is 0.410 e. The van der Waals surface area contributed by atoms with Gasteiger partial charge in [0.2, 0.25) is 0 Å². The molecule has 16 heteroatoms. The van der Waals surface area contributed by atoms with Gasteiger partial charge in [-0.1, -0.05) is 30.3 Å². The van der Waals surface area contributed by atoms with Gasteiger partial charge in [-0.05, 0) is 60.2 Å². The molecule has 3 N–H and O–H groups in total. The van der Waals surface area contributed by atoms with E-state index in [1.807, 2.05) is 57.0 Å². The Morgan fingerprint density at radius 2 is 1.54 bits per heavy atom. The van der Waals surface area contributed by atoms with Gasteiger partial charge in [0.1, 0.15) is 21.4 Å². The number of anilines is 1. The fraction of sp³-hybridized carbons (Fsp3) is 0.556. The number of fused-ring (bicyclic) bond motifs is 1. The first-order valence-corrected chi connectivity index (χ1v) is 18.6. The molecule has 278 valence electrons. The maximum Gasteiger partial charge on any atom is 0.410 e. The van der Waals surface area contributed by atoms with Crippen molar-refractivity contribution in [2.45, 2.75) is 56.7 Å². The van der Waals surface area contributed by atoms with Crippen LogP contribution >= 0.6 is 0 Å². The maximum atomic E-state index is 14.1. The van der Waals surface area contributed by atoms with E-state index in [0.29, 0.717) is 80.7 Å². The minimum atomic E-state index is -1.03. The number of likely N-dealkylation sites (tertiary alicyclic amines) is 2. The van der Waals surface area contributed by atoms with Gasteiger partial charge in [0.25, 0.3) is 11.8 Å². The Labute approximate surface area is 307 Å². The van der Waals surface area contributed by atoms with Gasteiger partial charge in [-0.3, -0.25) is 24.6 Å². The third-order valence-corrected chi connectivity index (χ3v) is 11.2. The number of nitrogens with zero attached hydrogens (tertiary/aromatic N) is 6. The van der Waals surface area contributed by atoms with Gasteiger partial charge in [-0.15, -0.1) is 0 Å². The van der Waals surface area contributed by atoms with Gasteiger partial charge in [0.05, 0.1) is 6.54 Å². The van der Waals surface area contributed by atoms with Crippen LogP contribution in [0.2, 0.25) is 0 Å². The standard InChI is InChI=1S/C36H51B2N7O7/c1-40(51)32(46)23-41-11-7-26(8-12-41)42-16-18-43(19-17-42)34(48)31(22-24-20-28(37)33(47)29(38)21-24)52-36(50)44-13-9-27(10-14-44)45-15-6-25-4-2-3-5-30(25)39-35(45)49/h2-5,20-21,26-27,31,47,51H,6-19,22-23,37-38H2,1H3,(H,39,49)/t31-/m1/s1. The molecule has 4 heterocycles. The lowest BCUT2D eigenvalue weighted by Crippen LogP contribution is -2.57. The zero-order valence-corrected chi connectivity index (χ0v) is 30.6. The molecular formula is C36H51B2N7O7. The SMILES string of the molecule is Bc1cc(C[C@@H](OC(=O)N2CCC(N3CCc4ccccc4NC3=O)CC2)C(=O)N2CCN(C3CCN(CC(=O)N(C)O)CC3)CC2)cc(B)c1O. The molecule has 3 saturated heterocycles. The van der Waals surface area contributed by atoms with E-state index in [9.17, 15) is 29.5 Å². The number of ether oxygens (including phenoxy) is 1. The summed E-state index contributed by atoms with van der Waals surface area (Å²) in [6, 6.07) is 11.7. The summed E-state index contributed by atoms with van der Waals surface area (Å²) in [5, 5.41) is 23.4. The molecule has 52 heavy (non-hydrogen) atoms. The van der Waals surface area contributed by atoms with Gasteiger partial charge in [-0.25, -0.2) is 14.7 Å². The Kier molecular flexibility index (Phi) is 12.0. The highest BCUT2D eigenvalue weighted by Gasteiger charge is 2.36. The predicted octanol–water partition coefficient (Wildman–Crippen LogP) is -1.03. The molecule has 0 spiro atoms. The van der Waals surface area contributed by atoms with Crippen molar-refractivity contribution < 1.29 is 34.2 Å². The number of carbonyl (C=O) groups excluding carboxylic acids is 4. The lowest BCUT2D eigenvalue weighted by molar-refractivity contribution is -0.160. The summed E-state index contributed by atoms with van der Waals surface area (Å²) in [5.41, 5.74) is 4.15. The molecule has 0 aliphatic carbocycles. The van der Waals surface area contributed by atoms with Crippen LogP contribution in [0.1, 0.15) is 36.8 Å². The van der Waals surface area contributed by atoms with Crippen LogP contribution in [0.25, 0.3) is 0 Å². The van der Waals surface area contributed by atoms with E-state index in [1.165, 1.54) is 7.05 Å². The molecule has 4 aliphatic rings. The molecule has 3 fully saturated rings. The van der Waals surface area contributed by atoms with E-state index in [2.05, 4.69) is 15.1 Å². The van der Waals surface area contributed by atoms with Crippen LogP contribution in [0, 0.1) is 0 Å². The highest BCUT2D eigenvalue weighted by atomic mass is 16.6. The van der Waals surface area contributed by atoms with Crippen LogP contribution < -0.4 is 16.2 Å². The number of carbonyl (C=O) groups is 4. The molecule has 0 unspecified atom stereocenters. The molecular weight excluding hydrogens is 664 g/mol. The number of piperidine rings is 2. The Morgan fingerprint density at radius 1 is 0.904 bits per heavy atom. The van der Waals surface area contributed by atoms with Gasteiger partial charge in [-0.2, -0.15) is 0 Å². The van der Waals surface area contributed by atoms with Gasteiger partial charge < -0.3 is 29.9 Å². The number of hydrogen-bond donors (Lipinski definition) is 3. The number of likely N-dealkylation sites (N-methyl/N-ethyl adjacent to an activating group) is 1. The van der Waals surface area contributed by atoms with E-state index in [4.69, 9.17) is 4.74 Å². The molecule has 0 radical (unpaired) electrons. The average Bonchev–Trinajstić information content (AvgIpc) is 3.31. The highest BCUT2D eigenvalue weighted by Crippen LogP contribution is 2.26. The summed E-state index contributed by atoms with van der Waals surface area (Å²) in [4.78, 5) is 62.6. The fourth-order valence-electron chi connectivity index (χ4n) is 8.10. The van der Waals surface area contributed by atoms with E-state index >= 15 is 0 Å².